The van der Waals surface area contributed by atoms with Crippen molar-refractivity contribution in [2.75, 3.05) is 0 Å². The van der Waals surface area contributed by atoms with Gasteiger partial charge in [0, 0.05) is 21.9 Å². The van der Waals surface area contributed by atoms with Gasteiger partial charge in [0.25, 0.3) is 0 Å². The molecule has 0 aromatic heterocycles. The van der Waals surface area contributed by atoms with E-state index >= 15 is 0 Å². The fourth-order valence-corrected chi connectivity index (χ4v) is 4.19. The second-order valence-corrected chi connectivity index (χ2v) is 6.79. The molecule has 2 saturated carbocycles. The summed E-state index contributed by atoms with van der Waals surface area (Å²) in [5.74, 6) is -0.592. The highest BCUT2D eigenvalue weighted by Crippen LogP contribution is 2.50. The van der Waals surface area contributed by atoms with Crippen molar-refractivity contribution in [2.24, 2.45) is 5.41 Å². The smallest absolute Gasteiger partial charge is 0.154 e. The summed E-state index contributed by atoms with van der Waals surface area (Å²) in [6.07, 6.45) is 5.32. The fourth-order valence-electron chi connectivity index (χ4n) is 3.68. The van der Waals surface area contributed by atoms with E-state index in [4.69, 9.17) is 23.2 Å². The van der Waals surface area contributed by atoms with Crippen molar-refractivity contribution in [2.45, 2.75) is 44.4 Å². The Kier molecular flexibility index (Phi) is 3.64. The first kappa shape index (κ1) is 14.1. The van der Waals surface area contributed by atoms with Crippen molar-refractivity contribution in [3.05, 3.63) is 33.8 Å². The van der Waals surface area contributed by atoms with Gasteiger partial charge in [-0.05, 0) is 30.5 Å². The molecule has 0 aliphatic heterocycles. The first-order chi connectivity index (χ1) is 9.53. The summed E-state index contributed by atoms with van der Waals surface area (Å²) in [7, 11) is 0. The zero-order chi connectivity index (χ0) is 14.3. The monoisotopic (exact) mass is 310 g/mol. The van der Waals surface area contributed by atoms with Crippen molar-refractivity contribution in [3.63, 3.8) is 0 Å². The third-order valence-corrected chi connectivity index (χ3v) is 5.27. The van der Waals surface area contributed by atoms with E-state index < -0.39 is 11.3 Å². The molecule has 0 heterocycles. The zero-order valence-electron chi connectivity index (χ0n) is 11.1. The van der Waals surface area contributed by atoms with E-state index in [2.05, 4.69) is 0 Å². The van der Waals surface area contributed by atoms with Crippen LogP contribution in [0.3, 0.4) is 0 Å². The van der Waals surface area contributed by atoms with Crippen LogP contribution in [0, 0.1) is 5.41 Å². The lowest BCUT2D eigenvalue weighted by Crippen LogP contribution is -2.30. The van der Waals surface area contributed by atoms with Gasteiger partial charge in [0.2, 0.25) is 0 Å². The molecule has 1 aromatic carbocycles. The SMILES string of the molecule is O=C1CC2(CCCCC2)C(=O)C1c1ccc(Cl)cc1Cl. The van der Waals surface area contributed by atoms with Gasteiger partial charge in [-0.15, -0.1) is 0 Å². The molecule has 2 nitrogen and oxygen atoms in total. The molecule has 0 radical (unpaired) electrons. The van der Waals surface area contributed by atoms with Crippen molar-refractivity contribution < 1.29 is 9.59 Å². The molecular formula is C16H16Cl2O2. The molecule has 1 spiro atoms. The lowest BCUT2D eigenvalue weighted by Gasteiger charge is -2.31. The van der Waals surface area contributed by atoms with E-state index in [1.807, 2.05) is 0 Å². The Labute approximate surface area is 128 Å². The van der Waals surface area contributed by atoms with Crippen LogP contribution in [0.1, 0.15) is 50.0 Å². The molecule has 3 rings (SSSR count). The number of hydrogen-bond donors (Lipinski definition) is 0. The molecule has 1 aromatic rings. The summed E-state index contributed by atoms with van der Waals surface area (Å²) in [6.45, 7) is 0. The highest BCUT2D eigenvalue weighted by Gasteiger charge is 2.53. The average molecular weight is 311 g/mol. The molecule has 0 N–H and O–H groups in total. The minimum Gasteiger partial charge on any atom is -0.298 e. The maximum atomic E-state index is 12.8. The van der Waals surface area contributed by atoms with Gasteiger partial charge in [-0.25, -0.2) is 0 Å². The van der Waals surface area contributed by atoms with E-state index in [0.29, 0.717) is 22.0 Å². The summed E-state index contributed by atoms with van der Waals surface area (Å²) in [5, 5.41) is 0.932. The molecule has 1 unspecified atom stereocenters. The third-order valence-electron chi connectivity index (χ3n) is 4.70. The lowest BCUT2D eigenvalue weighted by molar-refractivity contribution is -0.129. The number of rotatable bonds is 1. The molecule has 4 heteroatoms. The molecule has 0 bridgehead atoms. The Morgan fingerprint density at radius 2 is 1.75 bits per heavy atom. The number of Topliss-reactive ketones (excluding diaryl/α,β-unsaturated/α-hetero) is 2. The van der Waals surface area contributed by atoms with Gasteiger partial charge in [-0.2, -0.15) is 0 Å². The van der Waals surface area contributed by atoms with Crippen LogP contribution < -0.4 is 0 Å². The summed E-state index contributed by atoms with van der Waals surface area (Å²) >= 11 is 12.1. The third kappa shape index (κ3) is 2.19. The molecule has 1 atom stereocenters. The second-order valence-electron chi connectivity index (χ2n) is 5.95. The molecule has 2 aliphatic rings. The van der Waals surface area contributed by atoms with E-state index in [9.17, 15) is 9.59 Å². The van der Waals surface area contributed by atoms with Gasteiger partial charge in [-0.3, -0.25) is 9.59 Å². The lowest BCUT2D eigenvalue weighted by atomic mass is 9.71. The van der Waals surface area contributed by atoms with Gasteiger partial charge in [0.05, 0.1) is 0 Å². The number of halogens is 2. The summed E-state index contributed by atoms with van der Waals surface area (Å²) in [5.41, 5.74) is 0.205. The van der Waals surface area contributed by atoms with Crippen LogP contribution in [-0.2, 0) is 9.59 Å². The minimum absolute atomic E-state index is 0.0149. The normalized spacial score (nSPS) is 25.4. The zero-order valence-corrected chi connectivity index (χ0v) is 12.6. The fraction of sp³-hybridized carbons (Fsp3) is 0.500. The van der Waals surface area contributed by atoms with Crippen LogP contribution >= 0.6 is 23.2 Å². The standard InChI is InChI=1S/C16H16Cl2O2/c17-10-4-5-11(12(18)8-10)14-13(19)9-16(15(14)20)6-2-1-3-7-16/h4-5,8,14H,1-3,6-7,9H2. The van der Waals surface area contributed by atoms with E-state index in [-0.39, 0.29) is 11.6 Å². The number of benzene rings is 1. The average Bonchev–Trinajstić information content (AvgIpc) is 2.63. The number of carbonyl (C=O) groups is 2. The van der Waals surface area contributed by atoms with E-state index in [1.165, 1.54) is 0 Å². The van der Waals surface area contributed by atoms with Crippen LogP contribution in [0.15, 0.2) is 18.2 Å². The van der Waals surface area contributed by atoms with Crippen molar-refractivity contribution >= 4 is 34.8 Å². The molecule has 2 fully saturated rings. The van der Waals surface area contributed by atoms with Crippen LogP contribution in [0.4, 0.5) is 0 Å². The topological polar surface area (TPSA) is 34.1 Å². The van der Waals surface area contributed by atoms with Gasteiger partial charge < -0.3 is 0 Å². The Morgan fingerprint density at radius 1 is 1.05 bits per heavy atom. The number of carbonyl (C=O) groups excluding carboxylic acids is 2. The molecular weight excluding hydrogens is 295 g/mol. The van der Waals surface area contributed by atoms with Gasteiger partial charge in [0.1, 0.15) is 11.7 Å². The Bertz CT molecular complexity index is 574. The maximum absolute atomic E-state index is 12.8. The Hall–Kier alpha value is -0.860. The van der Waals surface area contributed by atoms with Gasteiger partial charge in [-0.1, -0.05) is 48.5 Å². The van der Waals surface area contributed by atoms with Gasteiger partial charge in [0.15, 0.2) is 5.78 Å². The van der Waals surface area contributed by atoms with Crippen molar-refractivity contribution in [1.29, 1.82) is 0 Å². The van der Waals surface area contributed by atoms with Crippen LogP contribution in [0.2, 0.25) is 10.0 Å². The van der Waals surface area contributed by atoms with Crippen LogP contribution in [0.5, 0.6) is 0 Å². The van der Waals surface area contributed by atoms with Crippen molar-refractivity contribution in [3.8, 4) is 0 Å². The maximum Gasteiger partial charge on any atom is 0.154 e. The predicted molar refractivity (Wildman–Crippen MR) is 79.4 cm³/mol. The van der Waals surface area contributed by atoms with E-state index in [0.717, 1.165) is 32.1 Å². The predicted octanol–water partition coefficient (Wildman–Crippen LogP) is 4.57. The quantitative estimate of drug-likeness (QED) is 0.712. The molecule has 0 amide bonds. The van der Waals surface area contributed by atoms with Crippen LogP contribution in [-0.4, -0.2) is 11.6 Å². The summed E-state index contributed by atoms with van der Waals surface area (Å²) in [6, 6.07) is 5.01. The molecule has 0 saturated heterocycles. The van der Waals surface area contributed by atoms with E-state index in [1.54, 1.807) is 18.2 Å². The number of hydrogen-bond acceptors (Lipinski definition) is 2. The van der Waals surface area contributed by atoms with Gasteiger partial charge >= 0.3 is 0 Å². The molecule has 2 aliphatic carbocycles. The highest BCUT2D eigenvalue weighted by molar-refractivity contribution is 6.35. The first-order valence-corrected chi connectivity index (χ1v) is 7.81. The Balaban J connectivity index is 1.98. The van der Waals surface area contributed by atoms with Crippen LogP contribution in [0.25, 0.3) is 0 Å². The first-order valence-electron chi connectivity index (χ1n) is 7.05. The molecule has 20 heavy (non-hydrogen) atoms. The molecule has 106 valence electrons. The second kappa shape index (κ2) is 5.16. The minimum atomic E-state index is -0.683. The summed E-state index contributed by atoms with van der Waals surface area (Å²) in [4.78, 5) is 25.2. The summed E-state index contributed by atoms with van der Waals surface area (Å²) < 4.78 is 0. The Morgan fingerprint density at radius 3 is 2.40 bits per heavy atom. The van der Waals surface area contributed by atoms with Crippen molar-refractivity contribution in [1.82, 2.24) is 0 Å². The number of ketones is 2. The largest absolute Gasteiger partial charge is 0.298 e. The highest BCUT2D eigenvalue weighted by atomic mass is 35.5.